The minimum atomic E-state index is -0.655. The van der Waals surface area contributed by atoms with Crippen molar-refractivity contribution in [3.63, 3.8) is 0 Å². The molecule has 0 amide bonds. The monoisotopic (exact) mass is 246 g/mol. The molecule has 2 heteroatoms. The molecule has 0 aromatic heterocycles. The van der Waals surface area contributed by atoms with Crippen LogP contribution in [0.4, 0.5) is 0 Å². The largest absolute Gasteiger partial charge is 0.481 e. The number of rotatable bonds is 2. The second-order valence-electron chi connectivity index (χ2n) is 5.87. The van der Waals surface area contributed by atoms with E-state index in [9.17, 15) is 9.90 Å². The van der Waals surface area contributed by atoms with Crippen LogP contribution in [0.25, 0.3) is 0 Å². The molecule has 0 spiro atoms. The summed E-state index contributed by atoms with van der Waals surface area (Å²) >= 11 is 0. The highest BCUT2D eigenvalue weighted by atomic mass is 16.4. The highest BCUT2D eigenvalue weighted by Gasteiger charge is 2.42. The zero-order valence-electron chi connectivity index (χ0n) is 11.5. The molecule has 0 radical (unpaired) electrons. The van der Waals surface area contributed by atoms with Crippen LogP contribution >= 0.6 is 0 Å². The highest BCUT2D eigenvalue weighted by Crippen LogP contribution is 2.42. The summed E-state index contributed by atoms with van der Waals surface area (Å²) in [5.41, 5.74) is 2.76. The van der Waals surface area contributed by atoms with E-state index in [0.29, 0.717) is 5.92 Å². The first-order valence-corrected chi connectivity index (χ1v) is 6.77. The minimum Gasteiger partial charge on any atom is -0.481 e. The summed E-state index contributed by atoms with van der Waals surface area (Å²) in [6.07, 6.45) is 3.57. The lowest BCUT2D eigenvalue weighted by atomic mass is 9.66. The van der Waals surface area contributed by atoms with Crippen molar-refractivity contribution in [3.05, 3.63) is 34.9 Å². The molecular formula is C16H22O2. The molecule has 1 aliphatic carbocycles. The molecule has 0 aliphatic heterocycles. The van der Waals surface area contributed by atoms with E-state index in [1.54, 1.807) is 0 Å². The van der Waals surface area contributed by atoms with E-state index in [1.165, 1.54) is 11.1 Å². The predicted octanol–water partition coefficient (Wildman–Crippen LogP) is 3.84. The summed E-state index contributed by atoms with van der Waals surface area (Å²) in [6.45, 7) is 6.33. The molecule has 0 saturated heterocycles. The number of hydrogen-bond donors (Lipinski definition) is 1. The molecule has 2 rings (SSSR count). The third kappa shape index (κ3) is 2.16. The number of carboxylic acid groups (broad SMARTS) is 1. The van der Waals surface area contributed by atoms with Gasteiger partial charge >= 0.3 is 5.97 Å². The van der Waals surface area contributed by atoms with E-state index >= 15 is 0 Å². The van der Waals surface area contributed by atoms with E-state index in [-0.39, 0.29) is 0 Å². The van der Waals surface area contributed by atoms with Gasteiger partial charge < -0.3 is 5.11 Å². The van der Waals surface area contributed by atoms with E-state index in [1.807, 2.05) is 12.1 Å². The van der Waals surface area contributed by atoms with Crippen molar-refractivity contribution in [2.24, 2.45) is 5.92 Å². The van der Waals surface area contributed by atoms with Gasteiger partial charge in [0.05, 0.1) is 5.41 Å². The van der Waals surface area contributed by atoms with E-state index in [2.05, 4.69) is 26.8 Å². The van der Waals surface area contributed by atoms with Crippen LogP contribution in [-0.4, -0.2) is 11.1 Å². The van der Waals surface area contributed by atoms with Crippen molar-refractivity contribution in [1.82, 2.24) is 0 Å². The zero-order valence-corrected chi connectivity index (χ0v) is 11.5. The van der Waals surface area contributed by atoms with E-state index < -0.39 is 11.4 Å². The lowest BCUT2D eigenvalue weighted by molar-refractivity contribution is -0.145. The molecule has 2 nitrogen and oxygen atoms in total. The maximum absolute atomic E-state index is 11.8. The molecule has 0 bridgehead atoms. The first kappa shape index (κ1) is 13.1. The SMILES string of the molecule is Cc1ccc(C2(C(=O)O)CCC(C)CC2)cc1C. The van der Waals surface area contributed by atoms with Gasteiger partial charge in [-0.1, -0.05) is 25.1 Å². The van der Waals surface area contributed by atoms with Crippen LogP contribution in [0.3, 0.4) is 0 Å². The maximum atomic E-state index is 11.8. The van der Waals surface area contributed by atoms with Crippen LogP contribution in [0.1, 0.15) is 49.3 Å². The second kappa shape index (κ2) is 4.75. The highest BCUT2D eigenvalue weighted by molar-refractivity contribution is 5.81. The summed E-state index contributed by atoms with van der Waals surface area (Å²) in [7, 11) is 0. The molecule has 0 unspecified atom stereocenters. The van der Waals surface area contributed by atoms with Gasteiger partial charge in [-0.2, -0.15) is 0 Å². The van der Waals surface area contributed by atoms with E-state index in [4.69, 9.17) is 0 Å². The van der Waals surface area contributed by atoms with Crippen LogP contribution in [0.5, 0.6) is 0 Å². The molecule has 98 valence electrons. The van der Waals surface area contributed by atoms with Gasteiger partial charge in [-0.05, 0) is 62.1 Å². The lowest BCUT2D eigenvalue weighted by Crippen LogP contribution is -2.39. The first-order chi connectivity index (χ1) is 8.45. The lowest BCUT2D eigenvalue weighted by Gasteiger charge is -2.36. The van der Waals surface area contributed by atoms with Crippen LogP contribution in [0, 0.1) is 19.8 Å². The van der Waals surface area contributed by atoms with Gasteiger partial charge in [0, 0.05) is 0 Å². The van der Waals surface area contributed by atoms with Crippen molar-refractivity contribution in [1.29, 1.82) is 0 Å². The van der Waals surface area contributed by atoms with Gasteiger partial charge in [-0.25, -0.2) is 0 Å². The van der Waals surface area contributed by atoms with Gasteiger partial charge in [-0.3, -0.25) is 4.79 Å². The number of carboxylic acids is 1. The fraction of sp³-hybridized carbons (Fsp3) is 0.562. The van der Waals surface area contributed by atoms with Crippen molar-refractivity contribution < 1.29 is 9.90 Å². The summed E-state index contributed by atoms with van der Waals surface area (Å²) in [6, 6.07) is 6.12. The minimum absolute atomic E-state index is 0.648. The van der Waals surface area contributed by atoms with Gasteiger partial charge in [0.2, 0.25) is 0 Å². The number of aryl methyl sites for hydroxylation is 2. The summed E-state index contributed by atoms with van der Waals surface area (Å²) in [4.78, 5) is 11.8. The molecule has 1 fully saturated rings. The Bertz CT molecular complexity index is 454. The zero-order chi connectivity index (χ0) is 13.3. The number of carbonyl (C=O) groups is 1. The molecule has 1 N–H and O–H groups in total. The van der Waals surface area contributed by atoms with Crippen molar-refractivity contribution in [3.8, 4) is 0 Å². The van der Waals surface area contributed by atoms with Gasteiger partial charge in [-0.15, -0.1) is 0 Å². The molecule has 1 aliphatic rings. The molecule has 1 aromatic rings. The third-order valence-electron chi connectivity index (χ3n) is 4.60. The Morgan fingerprint density at radius 3 is 2.33 bits per heavy atom. The van der Waals surface area contributed by atoms with Crippen molar-refractivity contribution >= 4 is 5.97 Å². The fourth-order valence-corrected chi connectivity index (χ4v) is 2.92. The van der Waals surface area contributed by atoms with Gasteiger partial charge in [0.15, 0.2) is 0 Å². The summed E-state index contributed by atoms with van der Waals surface area (Å²) in [5, 5.41) is 9.69. The Kier molecular flexibility index (Phi) is 3.47. The average Bonchev–Trinajstić information content (AvgIpc) is 2.34. The molecule has 18 heavy (non-hydrogen) atoms. The predicted molar refractivity (Wildman–Crippen MR) is 72.9 cm³/mol. The Labute approximate surface area is 109 Å². The number of hydrogen-bond acceptors (Lipinski definition) is 1. The topological polar surface area (TPSA) is 37.3 Å². The molecule has 1 aromatic carbocycles. The van der Waals surface area contributed by atoms with Crippen LogP contribution in [-0.2, 0) is 10.2 Å². The molecular weight excluding hydrogens is 224 g/mol. The standard InChI is InChI=1S/C16H22O2/c1-11-6-8-16(9-7-11,15(17)18)14-5-4-12(2)13(3)10-14/h4-5,10-11H,6-9H2,1-3H3,(H,17,18). The average molecular weight is 246 g/mol. The van der Waals surface area contributed by atoms with Crippen molar-refractivity contribution in [2.45, 2.75) is 51.9 Å². The van der Waals surface area contributed by atoms with E-state index in [0.717, 1.165) is 31.2 Å². The Morgan fingerprint density at radius 1 is 1.22 bits per heavy atom. The number of benzene rings is 1. The molecule has 0 heterocycles. The first-order valence-electron chi connectivity index (χ1n) is 6.77. The second-order valence-corrected chi connectivity index (χ2v) is 5.87. The van der Waals surface area contributed by atoms with Crippen LogP contribution in [0.2, 0.25) is 0 Å². The molecule has 0 atom stereocenters. The Hall–Kier alpha value is -1.31. The summed E-state index contributed by atoms with van der Waals surface area (Å²) < 4.78 is 0. The Balaban J connectivity index is 2.41. The fourth-order valence-electron chi connectivity index (χ4n) is 2.92. The summed E-state index contributed by atoms with van der Waals surface area (Å²) in [5.74, 6) is 0.00155. The van der Waals surface area contributed by atoms with Crippen molar-refractivity contribution in [2.75, 3.05) is 0 Å². The third-order valence-corrected chi connectivity index (χ3v) is 4.60. The smallest absolute Gasteiger partial charge is 0.314 e. The van der Waals surface area contributed by atoms with Crippen LogP contribution < -0.4 is 0 Å². The normalized spacial score (nSPS) is 28.1. The Morgan fingerprint density at radius 2 is 1.83 bits per heavy atom. The quantitative estimate of drug-likeness (QED) is 0.861. The van der Waals surface area contributed by atoms with Gasteiger partial charge in [0.1, 0.15) is 0 Å². The maximum Gasteiger partial charge on any atom is 0.314 e. The number of aliphatic carboxylic acids is 1. The van der Waals surface area contributed by atoms with Crippen LogP contribution in [0.15, 0.2) is 18.2 Å². The van der Waals surface area contributed by atoms with Gasteiger partial charge in [0.25, 0.3) is 0 Å². The molecule has 1 saturated carbocycles.